The number of aliphatic hydroxyl groups is 2. The van der Waals surface area contributed by atoms with E-state index in [-0.39, 0.29) is 6.10 Å². The molecule has 4 atom stereocenters. The van der Waals surface area contributed by atoms with Gasteiger partial charge in [0.15, 0.2) is 6.29 Å². The summed E-state index contributed by atoms with van der Waals surface area (Å²) in [6.45, 7) is 1.78. The monoisotopic (exact) mass is 163 g/mol. The average Bonchev–Trinajstić information content (AvgIpc) is 1.96. The van der Waals surface area contributed by atoms with E-state index < -0.39 is 18.5 Å². The lowest BCUT2D eigenvalue weighted by Gasteiger charge is -2.33. The van der Waals surface area contributed by atoms with E-state index in [1.165, 1.54) is 0 Å². The third kappa shape index (κ3) is 1.88. The first-order valence-corrected chi connectivity index (χ1v) is 3.52. The molecule has 0 aromatic carbocycles. The molecule has 11 heavy (non-hydrogen) atoms. The molecule has 1 saturated heterocycles. The molecule has 0 amide bonds. The number of rotatable bonds is 1. The van der Waals surface area contributed by atoms with Gasteiger partial charge in [-0.05, 0) is 6.92 Å². The summed E-state index contributed by atoms with van der Waals surface area (Å²) in [5.74, 6) is 4.89. The highest BCUT2D eigenvalue weighted by Crippen LogP contribution is 2.19. The minimum absolute atomic E-state index is 0.137. The van der Waals surface area contributed by atoms with E-state index in [1.54, 1.807) is 6.92 Å². The zero-order chi connectivity index (χ0) is 8.43. The first kappa shape index (κ1) is 8.89. The minimum Gasteiger partial charge on any atom is -0.385 e. The van der Waals surface area contributed by atoms with Gasteiger partial charge in [0.05, 0.1) is 6.10 Å². The van der Waals surface area contributed by atoms with Crippen molar-refractivity contribution >= 4 is 0 Å². The van der Waals surface area contributed by atoms with Gasteiger partial charge in [0.2, 0.25) is 0 Å². The molecule has 0 bridgehead atoms. The predicted molar refractivity (Wildman–Crippen MR) is 36.2 cm³/mol. The van der Waals surface area contributed by atoms with Crippen LogP contribution in [0, 0.1) is 0 Å². The Morgan fingerprint density at radius 1 is 1.55 bits per heavy atom. The number of ether oxygens (including phenoxy) is 1. The molecule has 0 aromatic heterocycles. The summed E-state index contributed by atoms with van der Waals surface area (Å²) in [6.07, 6.45) is -2.41. The highest BCUT2D eigenvalue weighted by atomic mass is 16.7. The standard InChI is InChI=1S/C6H13NO4/c1-3-2-4(11-7)5(8)6(9)10-3/h3-6,8-9H,2,7H2,1H3/t3-,4+,5-,6?/m1/s1. The maximum atomic E-state index is 9.18. The average molecular weight is 163 g/mol. The second-order valence-electron chi connectivity index (χ2n) is 2.74. The van der Waals surface area contributed by atoms with Crippen LogP contribution in [-0.4, -0.2) is 34.8 Å². The molecule has 1 aliphatic rings. The van der Waals surface area contributed by atoms with Crippen LogP contribution in [0.4, 0.5) is 0 Å². The molecule has 5 heteroatoms. The second-order valence-corrected chi connectivity index (χ2v) is 2.74. The predicted octanol–water partition coefficient (Wildman–Crippen LogP) is -1.27. The fraction of sp³-hybridized carbons (Fsp3) is 1.00. The first-order valence-electron chi connectivity index (χ1n) is 3.52. The molecule has 0 spiro atoms. The molecule has 0 aliphatic carbocycles. The summed E-state index contributed by atoms with van der Waals surface area (Å²) in [4.78, 5) is 4.45. The van der Waals surface area contributed by atoms with Gasteiger partial charge < -0.3 is 14.9 Å². The maximum Gasteiger partial charge on any atom is 0.183 e. The van der Waals surface area contributed by atoms with E-state index >= 15 is 0 Å². The van der Waals surface area contributed by atoms with E-state index in [4.69, 9.17) is 15.7 Å². The van der Waals surface area contributed by atoms with Crippen LogP contribution in [0.15, 0.2) is 0 Å². The van der Waals surface area contributed by atoms with E-state index in [2.05, 4.69) is 4.84 Å². The van der Waals surface area contributed by atoms with Crippen LogP contribution >= 0.6 is 0 Å². The zero-order valence-electron chi connectivity index (χ0n) is 6.30. The quantitative estimate of drug-likeness (QED) is 0.420. The Labute approximate surface area is 64.7 Å². The summed E-state index contributed by atoms with van der Waals surface area (Å²) in [5, 5.41) is 18.2. The Kier molecular flexibility index (Phi) is 2.80. The number of nitrogens with two attached hydrogens (primary N) is 1. The Bertz CT molecular complexity index is 132. The van der Waals surface area contributed by atoms with Crippen LogP contribution in [0.25, 0.3) is 0 Å². The van der Waals surface area contributed by atoms with Crippen molar-refractivity contribution in [3.05, 3.63) is 0 Å². The summed E-state index contributed by atoms with van der Waals surface area (Å²) >= 11 is 0. The molecule has 1 unspecified atom stereocenters. The molecule has 1 aliphatic heterocycles. The third-order valence-electron chi connectivity index (χ3n) is 1.78. The van der Waals surface area contributed by atoms with Gasteiger partial charge in [-0.3, -0.25) is 4.84 Å². The Morgan fingerprint density at radius 3 is 2.73 bits per heavy atom. The molecule has 1 fully saturated rings. The smallest absolute Gasteiger partial charge is 0.183 e. The number of hydrogen-bond donors (Lipinski definition) is 3. The second kappa shape index (κ2) is 3.46. The zero-order valence-corrected chi connectivity index (χ0v) is 6.30. The van der Waals surface area contributed by atoms with E-state index in [1.807, 2.05) is 0 Å². The van der Waals surface area contributed by atoms with E-state index in [0.29, 0.717) is 6.42 Å². The third-order valence-corrected chi connectivity index (χ3v) is 1.78. The minimum atomic E-state index is -1.19. The van der Waals surface area contributed by atoms with Crippen LogP contribution in [0.3, 0.4) is 0 Å². The van der Waals surface area contributed by atoms with Gasteiger partial charge in [0, 0.05) is 6.42 Å². The maximum absolute atomic E-state index is 9.18. The lowest BCUT2D eigenvalue weighted by Crippen LogP contribution is -2.49. The Morgan fingerprint density at radius 2 is 2.18 bits per heavy atom. The molecule has 1 rings (SSSR count). The Hall–Kier alpha value is -0.200. The first-order chi connectivity index (χ1) is 5.15. The molecule has 5 nitrogen and oxygen atoms in total. The number of aliphatic hydroxyl groups excluding tert-OH is 2. The SMILES string of the molecule is C[C@@H]1C[C@H](ON)[C@@H](O)C(O)O1. The van der Waals surface area contributed by atoms with Crippen molar-refractivity contribution in [3.63, 3.8) is 0 Å². The summed E-state index contributed by atoms with van der Waals surface area (Å²) in [5.41, 5.74) is 0. The fourth-order valence-corrected chi connectivity index (χ4v) is 1.16. The van der Waals surface area contributed by atoms with Crippen molar-refractivity contribution in [3.8, 4) is 0 Å². The molecule has 0 aromatic rings. The van der Waals surface area contributed by atoms with Gasteiger partial charge in [-0.1, -0.05) is 0 Å². The van der Waals surface area contributed by atoms with Crippen molar-refractivity contribution in [1.82, 2.24) is 0 Å². The molecular weight excluding hydrogens is 150 g/mol. The molecule has 0 radical (unpaired) electrons. The summed E-state index contributed by atoms with van der Waals surface area (Å²) in [6, 6.07) is 0. The summed E-state index contributed by atoms with van der Waals surface area (Å²) < 4.78 is 4.90. The van der Waals surface area contributed by atoms with Gasteiger partial charge in [0.25, 0.3) is 0 Å². The molecule has 4 N–H and O–H groups in total. The van der Waals surface area contributed by atoms with Crippen LogP contribution in [0.5, 0.6) is 0 Å². The van der Waals surface area contributed by atoms with Crippen LogP contribution in [-0.2, 0) is 9.57 Å². The highest BCUT2D eigenvalue weighted by molar-refractivity contribution is 4.78. The number of hydrogen-bond acceptors (Lipinski definition) is 5. The van der Waals surface area contributed by atoms with Gasteiger partial charge >= 0.3 is 0 Å². The molecule has 0 saturated carbocycles. The van der Waals surface area contributed by atoms with Crippen LogP contribution in [0.1, 0.15) is 13.3 Å². The van der Waals surface area contributed by atoms with Gasteiger partial charge in [-0.25, -0.2) is 5.90 Å². The van der Waals surface area contributed by atoms with Crippen molar-refractivity contribution in [1.29, 1.82) is 0 Å². The van der Waals surface area contributed by atoms with Gasteiger partial charge in [-0.2, -0.15) is 0 Å². The largest absolute Gasteiger partial charge is 0.385 e. The van der Waals surface area contributed by atoms with Crippen molar-refractivity contribution in [2.24, 2.45) is 5.90 Å². The lowest BCUT2D eigenvalue weighted by molar-refractivity contribution is -0.252. The summed E-state index contributed by atoms with van der Waals surface area (Å²) in [7, 11) is 0. The fourth-order valence-electron chi connectivity index (χ4n) is 1.16. The van der Waals surface area contributed by atoms with Gasteiger partial charge in [0.1, 0.15) is 12.2 Å². The molecule has 1 heterocycles. The van der Waals surface area contributed by atoms with E-state index in [9.17, 15) is 5.11 Å². The lowest BCUT2D eigenvalue weighted by atomic mass is 10.0. The Balaban J connectivity index is 2.51. The highest BCUT2D eigenvalue weighted by Gasteiger charge is 2.35. The molecule has 66 valence electrons. The van der Waals surface area contributed by atoms with Crippen molar-refractivity contribution in [2.45, 2.75) is 37.9 Å². The van der Waals surface area contributed by atoms with Gasteiger partial charge in [-0.15, -0.1) is 0 Å². The normalized spacial score (nSPS) is 45.8. The van der Waals surface area contributed by atoms with Crippen LogP contribution in [0.2, 0.25) is 0 Å². The topological polar surface area (TPSA) is 84.9 Å². The van der Waals surface area contributed by atoms with Crippen molar-refractivity contribution in [2.75, 3.05) is 0 Å². The van der Waals surface area contributed by atoms with Crippen molar-refractivity contribution < 1.29 is 19.8 Å². The van der Waals surface area contributed by atoms with Crippen LogP contribution < -0.4 is 5.90 Å². The van der Waals surface area contributed by atoms with E-state index in [0.717, 1.165) is 0 Å². The molecular formula is C6H13NO4.